The number of methoxy groups -OCH3 is 2. The van der Waals surface area contributed by atoms with E-state index in [0.29, 0.717) is 0 Å². The highest BCUT2D eigenvalue weighted by Gasteiger charge is 2.20. The molecule has 0 saturated carbocycles. The zero-order valence-corrected chi connectivity index (χ0v) is 12.3. The maximum atomic E-state index is 5.52. The highest BCUT2D eigenvalue weighted by Crippen LogP contribution is 2.35. The van der Waals surface area contributed by atoms with Gasteiger partial charge in [0.05, 0.1) is 19.9 Å². The Balaban J connectivity index is 2.21. The van der Waals surface area contributed by atoms with E-state index in [9.17, 15) is 0 Å². The summed E-state index contributed by atoms with van der Waals surface area (Å²) in [4.78, 5) is 2.30. The first kappa shape index (κ1) is 14.0. The van der Waals surface area contributed by atoms with Crippen molar-refractivity contribution < 1.29 is 9.47 Å². The third kappa shape index (κ3) is 3.13. The van der Waals surface area contributed by atoms with E-state index in [0.717, 1.165) is 42.7 Å². The summed E-state index contributed by atoms with van der Waals surface area (Å²) in [6.07, 6.45) is 1.25. The number of hydrogen-bond donors (Lipinski definition) is 1. The second-order valence-electron chi connectivity index (χ2n) is 5.23. The zero-order valence-electron chi connectivity index (χ0n) is 12.3. The summed E-state index contributed by atoms with van der Waals surface area (Å²) < 4.78 is 10.8. The second-order valence-corrected chi connectivity index (χ2v) is 5.23. The van der Waals surface area contributed by atoms with Crippen molar-refractivity contribution >= 4 is 5.69 Å². The van der Waals surface area contributed by atoms with Crippen LogP contribution in [0.4, 0.5) is 5.69 Å². The molecule has 1 N–H and O–H groups in total. The van der Waals surface area contributed by atoms with Gasteiger partial charge in [0.15, 0.2) is 0 Å². The van der Waals surface area contributed by atoms with Crippen molar-refractivity contribution in [1.82, 2.24) is 5.32 Å². The van der Waals surface area contributed by atoms with Gasteiger partial charge in [-0.05, 0) is 44.0 Å². The van der Waals surface area contributed by atoms with Gasteiger partial charge in [0.1, 0.15) is 11.5 Å². The minimum Gasteiger partial charge on any atom is -0.497 e. The molecule has 0 radical (unpaired) electrons. The molecule has 2 rings (SSSR count). The lowest BCUT2D eigenvalue weighted by molar-refractivity contribution is 0.393. The first-order chi connectivity index (χ1) is 9.15. The molecule has 0 amide bonds. The summed E-state index contributed by atoms with van der Waals surface area (Å²) in [5.74, 6) is 2.44. The normalized spacial score (nSPS) is 18.4. The first-order valence-corrected chi connectivity index (χ1v) is 6.80. The van der Waals surface area contributed by atoms with E-state index < -0.39 is 0 Å². The van der Waals surface area contributed by atoms with Gasteiger partial charge in [-0.2, -0.15) is 0 Å². The van der Waals surface area contributed by atoms with E-state index in [1.807, 2.05) is 6.07 Å². The average Bonchev–Trinajstić information content (AvgIpc) is 2.90. The predicted molar refractivity (Wildman–Crippen MR) is 78.5 cm³/mol. The third-order valence-corrected chi connectivity index (χ3v) is 3.77. The second kappa shape index (κ2) is 6.15. The monoisotopic (exact) mass is 264 g/mol. The molecule has 4 heteroatoms. The summed E-state index contributed by atoms with van der Waals surface area (Å²) in [5.41, 5.74) is 2.35. The van der Waals surface area contributed by atoms with Crippen LogP contribution in [0.25, 0.3) is 0 Å². The number of nitrogens with zero attached hydrogens (tertiary/aromatic N) is 1. The van der Waals surface area contributed by atoms with Gasteiger partial charge < -0.3 is 19.7 Å². The van der Waals surface area contributed by atoms with Gasteiger partial charge in [-0.15, -0.1) is 0 Å². The minimum absolute atomic E-state index is 0.719. The maximum Gasteiger partial charge on any atom is 0.146 e. The van der Waals surface area contributed by atoms with Crippen molar-refractivity contribution in [3.63, 3.8) is 0 Å². The molecule has 4 nitrogen and oxygen atoms in total. The number of nitrogens with one attached hydrogen (secondary N) is 1. The third-order valence-electron chi connectivity index (χ3n) is 3.77. The van der Waals surface area contributed by atoms with E-state index in [1.54, 1.807) is 14.2 Å². The number of hydrogen-bond acceptors (Lipinski definition) is 4. The molecule has 0 bridgehead atoms. The first-order valence-electron chi connectivity index (χ1n) is 6.80. The summed E-state index contributed by atoms with van der Waals surface area (Å²) in [6.45, 7) is 5.40. The molecule has 0 spiro atoms. The van der Waals surface area contributed by atoms with Crippen molar-refractivity contribution in [3.05, 3.63) is 17.7 Å². The van der Waals surface area contributed by atoms with Crippen LogP contribution in [0.15, 0.2) is 12.1 Å². The Labute approximate surface area is 115 Å². The molecule has 1 atom stereocenters. The molecular weight excluding hydrogens is 240 g/mol. The molecule has 1 aliphatic heterocycles. The molecule has 1 aliphatic rings. The summed E-state index contributed by atoms with van der Waals surface area (Å²) in [6, 6.07) is 4.01. The van der Waals surface area contributed by atoms with Crippen LogP contribution >= 0.6 is 0 Å². The largest absolute Gasteiger partial charge is 0.497 e. The van der Waals surface area contributed by atoms with Crippen LogP contribution in [0, 0.1) is 12.8 Å². The lowest BCUT2D eigenvalue weighted by atomic mass is 10.1. The number of anilines is 1. The lowest BCUT2D eigenvalue weighted by Crippen LogP contribution is -2.27. The van der Waals surface area contributed by atoms with Gasteiger partial charge >= 0.3 is 0 Å². The predicted octanol–water partition coefficient (Wildman–Crippen LogP) is 2.06. The molecule has 1 heterocycles. The Morgan fingerprint density at radius 1 is 1.32 bits per heavy atom. The molecule has 1 unspecified atom stereocenters. The minimum atomic E-state index is 0.719. The fourth-order valence-electron chi connectivity index (χ4n) is 2.83. The van der Waals surface area contributed by atoms with Crippen LogP contribution in [-0.2, 0) is 0 Å². The van der Waals surface area contributed by atoms with Crippen molar-refractivity contribution in [2.75, 3.05) is 45.8 Å². The average molecular weight is 264 g/mol. The van der Waals surface area contributed by atoms with Crippen LogP contribution in [0.3, 0.4) is 0 Å². The van der Waals surface area contributed by atoms with Crippen LogP contribution in [-0.4, -0.2) is 40.9 Å². The summed E-state index contributed by atoms with van der Waals surface area (Å²) >= 11 is 0. The van der Waals surface area contributed by atoms with E-state index in [4.69, 9.17) is 9.47 Å². The Hall–Kier alpha value is -1.42. The summed E-state index contributed by atoms with van der Waals surface area (Å²) in [7, 11) is 5.53. The quantitative estimate of drug-likeness (QED) is 0.882. The van der Waals surface area contributed by atoms with Crippen LogP contribution in [0.5, 0.6) is 11.5 Å². The number of ether oxygens (including phenoxy) is 2. The standard InChI is InChI=1S/C15H24N2O2/c1-11-7-13(18-3)8-14(19-4)15(11)17(2)10-12-5-6-16-9-12/h7-8,12,16H,5-6,9-10H2,1-4H3. The highest BCUT2D eigenvalue weighted by molar-refractivity contribution is 5.65. The molecule has 106 valence electrons. The smallest absolute Gasteiger partial charge is 0.146 e. The molecule has 0 aliphatic carbocycles. The number of rotatable bonds is 5. The van der Waals surface area contributed by atoms with Crippen molar-refractivity contribution in [1.29, 1.82) is 0 Å². The Kier molecular flexibility index (Phi) is 4.53. The lowest BCUT2D eigenvalue weighted by Gasteiger charge is -2.26. The van der Waals surface area contributed by atoms with E-state index in [-0.39, 0.29) is 0 Å². The molecule has 1 aromatic rings. The Morgan fingerprint density at radius 3 is 2.68 bits per heavy atom. The highest BCUT2D eigenvalue weighted by atomic mass is 16.5. The summed E-state index contributed by atoms with van der Waals surface area (Å²) in [5, 5.41) is 3.41. The topological polar surface area (TPSA) is 33.7 Å². The Bertz CT molecular complexity index is 428. The van der Waals surface area contributed by atoms with Crippen molar-refractivity contribution in [3.8, 4) is 11.5 Å². The number of benzene rings is 1. The molecular formula is C15H24N2O2. The Morgan fingerprint density at radius 2 is 2.11 bits per heavy atom. The van der Waals surface area contributed by atoms with E-state index in [2.05, 4.69) is 30.3 Å². The number of aryl methyl sites for hydroxylation is 1. The van der Waals surface area contributed by atoms with Gasteiger partial charge in [-0.3, -0.25) is 0 Å². The van der Waals surface area contributed by atoms with Crippen molar-refractivity contribution in [2.24, 2.45) is 5.92 Å². The van der Waals surface area contributed by atoms with Gasteiger partial charge in [0, 0.05) is 19.7 Å². The van der Waals surface area contributed by atoms with Gasteiger partial charge in [-0.1, -0.05) is 0 Å². The van der Waals surface area contributed by atoms with E-state index >= 15 is 0 Å². The molecule has 1 aromatic carbocycles. The zero-order chi connectivity index (χ0) is 13.8. The van der Waals surface area contributed by atoms with Crippen molar-refractivity contribution in [2.45, 2.75) is 13.3 Å². The van der Waals surface area contributed by atoms with Crippen LogP contribution in [0.2, 0.25) is 0 Å². The van der Waals surface area contributed by atoms with E-state index in [1.165, 1.54) is 12.0 Å². The molecule has 1 saturated heterocycles. The molecule has 0 aromatic heterocycles. The van der Waals surface area contributed by atoms with Gasteiger partial charge in [0.25, 0.3) is 0 Å². The fraction of sp³-hybridized carbons (Fsp3) is 0.600. The van der Waals surface area contributed by atoms with Crippen LogP contribution in [0.1, 0.15) is 12.0 Å². The maximum absolute atomic E-state index is 5.52. The van der Waals surface area contributed by atoms with Crippen LogP contribution < -0.4 is 19.7 Å². The SMILES string of the molecule is COc1cc(C)c(N(C)CC2CCNC2)c(OC)c1. The fourth-order valence-corrected chi connectivity index (χ4v) is 2.83. The molecule has 1 fully saturated rings. The van der Waals surface area contributed by atoms with Gasteiger partial charge in [-0.25, -0.2) is 0 Å². The molecule has 19 heavy (non-hydrogen) atoms. The van der Waals surface area contributed by atoms with Gasteiger partial charge in [0.2, 0.25) is 0 Å².